The third kappa shape index (κ3) is 9.58. The van der Waals surface area contributed by atoms with Crippen LogP contribution in [0.4, 0.5) is 9.18 Å². The number of benzene rings is 3. The molecular formula is C32H43FN4O. The smallest absolute Gasteiger partial charge is 0.318 e. The molecule has 4 rings (SSSR count). The summed E-state index contributed by atoms with van der Waals surface area (Å²) in [5.41, 5.74) is 3.21. The molecule has 38 heavy (non-hydrogen) atoms. The highest BCUT2D eigenvalue weighted by Crippen LogP contribution is 2.22. The normalized spacial score (nSPS) is 14.5. The summed E-state index contributed by atoms with van der Waals surface area (Å²) in [6.07, 6.45) is 2.62. The molecule has 0 bridgehead atoms. The second-order valence-electron chi connectivity index (χ2n) is 10.00. The molecule has 0 radical (unpaired) electrons. The minimum absolute atomic E-state index is 0.0471. The molecule has 3 aromatic rings. The molecule has 2 N–H and O–H groups in total. The Morgan fingerprint density at radius 1 is 0.868 bits per heavy atom. The van der Waals surface area contributed by atoms with Gasteiger partial charge in [0.15, 0.2) is 0 Å². The molecule has 2 amide bonds. The van der Waals surface area contributed by atoms with Crippen LogP contribution in [0.25, 0.3) is 0 Å². The number of piperazine rings is 1. The fraction of sp³-hybridized carbons (Fsp3) is 0.406. The van der Waals surface area contributed by atoms with E-state index in [9.17, 15) is 9.18 Å². The van der Waals surface area contributed by atoms with Crippen LogP contribution in [0, 0.1) is 11.7 Å². The van der Waals surface area contributed by atoms with Crippen molar-refractivity contribution in [1.82, 2.24) is 20.4 Å². The second-order valence-corrected chi connectivity index (χ2v) is 10.00. The van der Waals surface area contributed by atoms with E-state index in [4.69, 9.17) is 0 Å². The summed E-state index contributed by atoms with van der Waals surface area (Å²) < 4.78 is 13.1. The molecule has 0 spiro atoms. The van der Waals surface area contributed by atoms with Gasteiger partial charge in [0.25, 0.3) is 0 Å². The Bertz CT molecular complexity index is 1010. The molecule has 1 unspecified atom stereocenters. The minimum atomic E-state index is -0.216. The van der Waals surface area contributed by atoms with Crippen molar-refractivity contribution >= 4 is 6.03 Å². The van der Waals surface area contributed by atoms with E-state index in [1.165, 1.54) is 25.0 Å². The molecule has 3 aromatic carbocycles. The van der Waals surface area contributed by atoms with Gasteiger partial charge in [-0.3, -0.25) is 4.90 Å². The molecule has 0 aromatic heterocycles. The standard InChI is InChI=1S/C25H26FN3O.C7H17N/c26-23-13-11-20(12-14-23)19-28-15-17-29(18-16-28)25(30)27-24(21-7-3-1-4-8-21)22-9-5-2-6-10-22;1-4-7(2)5-6-8-3/h1-14,24H,15-19H2,(H,27,30);7-8H,4-6H2,1-3H3. The average Bonchev–Trinajstić information content (AvgIpc) is 2.97. The monoisotopic (exact) mass is 518 g/mol. The highest BCUT2D eigenvalue weighted by molar-refractivity contribution is 5.75. The Morgan fingerprint density at radius 3 is 1.92 bits per heavy atom. The number of carbonyl (C=O) groups excluding carboxylic acids is 1. The lowest BCUT2D eigenvalue weighted by molar-refractivity contribution is 0.134. The number of urea groups is 1. The van der Waals surface area contributed by atoms with E-state index in [2.05, 4.69) is 29.4 Å². The number of halogens is 1. The molecule has 1 heterocycles. The van der Waals surface area contributed by atoms with Crippen molar-refractivity contribution in [2.24, 2.45) is 5.92 Å². The quantitative estimate of drug-likeness (QED) is 0.361. The highest BCUT2D eigenvalue weighted by Gasteiger charge is 2.24. The van der Waals surface area contributed by atoms with E-state index >= 15 is 0 Å². The van der Waals surface area contributed by atoms with E-state index in [0.717, 1.165) is 48.8 Å². The Labute approximate surface area is 228 Å². The first kappa shape index (κ1) is 29.3. The number of hydrogen-bond acceptors (Lipinski definition) is 3. The SMILES string of the molecule is CCC(C)CCNC.O=C(NC(c1ccccc1)c1ccccc1)N1CCN(Cc2ccc(F)cc2)CC1. The van der Waals surface area contributed by atoms with Crippen LogP contribution in [0.1, 0.15) is 49.4 Å². The Morgan fingerprint density at radius 2 is 1.42 bits per heavy atom. The predicted molar refractivity (Wildman–Crippen MR) is 155 cm³/mol. The van der Waals surface area contributed by atoms with Gasteiger partial charge >= 0.3 is 6.03 Å². The topological polar surface area (TPSA) is 47.6 Å². The summed E-state index contributed by atoms with van der Waals surface area (Å²) >= 11 is 0. The summed E-state index contributed by atoms with van der Waals surface area (Å²) in [5, 5.41) is 6.35. The molecular weight excluding hydrogens is 475 g/mol. The van der Waals surface area contributed by atoms with Crippen LogP contribution < -0.4 is 10.6 Å². The van der Waals surface area contributed by atoms with Crippen LogP contribution in [-0.2, 0) is 6.54 Å². The van der Waals surface area contributed by atoms with Crippen LogP contribution in [0.2, 0.25) is 0 Å². The second kappa shape index (κ2) is 15.9. The van der Waals surface area contributed by atoms with Crippen molar-refractivity contribution < 1.29 is 9.18 Å². The number of amides is 2. The van der Waals surface area contributed by atoms with Crippen molar-refractivity contribution in [2.75, 3.05) is 39.8 Å². The van der Waals surface area contributed by atoms with Gasteiger partial charge in [0.05, 0.1) is 6.04 Å². The van der Waals surface area contributed by atoms with E-state index in [0.29, 0.717) is 13.1 Å². The zero-order valence-electron chi connectivity index (χ0n) is 23.1. The number of nitrogens with zero attached hydrogens (tertiary/aromatic N) is 2. The van der Waals surface area contributed by atoms with Crippen LogP contribution in [0.3, 0.4) is 0 Å². The first-order valence-electron chi connectivity index (χ1n) is 13.8. The highest BCUT2D eigenvalue weighted by atomic mass is 19.1. The van der Waals surface area contributed by atoms with Gasteiger partial charge in [-0.15, -0.1) is 0 Å². The lowest BCUT2D eigenvalue weighted by Crippen LogP contribution is -2.52. The van der Waals surface area contributed by atoms with E-state index < -0.39 is 0 Å². The van der Waals surface area contributed by atoms with Gasteiger partial charge < -0.3 is 15.5 Å². The van der Waals surface area contributed by atoms with Crippen LogP contribution in [-0.4, -0.2) is 55.6 Å². The maximum Gasteiger partial charge on any atom is 0.318 e. The minimum Gasteiger partial charge on any atom is -0.327 e. The maximum absolute atomic E-state index is 13.1. The molecule has 1 atom stereocenters. The Balaban J connectivity index is 0.000000436. The van der Waals surface area contributed by atoms with Crippen molar-refractivity contribution in [1.29, 1.82) is 0 Å². The fourth-order valence-electron chi connectivity index (χ4n) is 4.42. The average molecular weight is 519 g/mol. The van der Waals surface area contributed by atoms with Crippen molar-refractivity contribution in [3.63, 3.8) is 0 Å². The van der Waals surface area contributed by atoms with E-state index in [1.54, 1.807) is 0 Å². The van der Waals surface area contributed by atoms with Gasteiger partial charge in [-0.1, -0.05) is 93.1 Å². The van der Waals surface area contributed by atoms with Gasteiger partial charge in [-0.2, -0.15) is 0 Å². The number of nitrogens with one attached hydrogen (secondary N) is 2. The van der Waals surface area contributed by atoms with Crippen molar-refractivity contribution in [2.45, 2.75) is 39.3 Å². The van der Waals surface area contributed by atoms with Gasteiger partial charge in [0.1, 0.15) is 5.82 Å². The third-order valence-electron chi connectivity index (χ3n) is 7.10. The number of carbonyl (C=O) groups is 1. The number of hydrogen-bond donors (Lipinski definition) is 2. The molecule has 1 aliphatic heterocycles. The van der Waals surface area contributed by atoms with E-state index in [1.807, 2.05) is 84.7 Å². The van der Waals surface area contributed by atoms with Gasteiger partial charge in [-0.05, 0) is 54.8 Å². The molecule has 0 aliphatic carbocycles. The summed E-state index contributed by atoms with van der Waals surface area (Å²) in [4.78, 5) is 17.2. The largest absolute Gasteiger partial charge is 0.327 e. The van der Waals surface area contributed by atoms with Crippen LogP contribution in [0.15, 0.2) is 84.9 Å². The summed E-state index contributed by atoms with van der Waals surface area (Å²) in [6.45, 7) is 9.39. The third-order valence-corrected chi connectivity index (χ3v) is 7.10. The van der Waals surface area contributed by atoms with Crippen LogP contribution in [0.5, 0.6) is 0 Å². The fourth-order valence-corrected chi connectivity index (χ4v) is 4.42. The van der Waals surface area contributed by atoms with Gasteiger partial charge in [-0.25, -0.2) is 9.18 Å². The predicted octanol–water partition coefficient (Wildman–Crippen LogP) is 6.08. The zero-order valence-corrected chi connectivity index (χ0v) is 23.1. The number of rotatable bonds is 9. The Kier molecular flexibility index (Phi) is 12.3. The molecule has 1 fully saturated rings. The summed E-state index contributed by atoms with van der Waals surface area (Å²) in [5.74, 6) is 0.675. The molecule has 0 saturated carbocycles. The first-order chi connectivity index (χ1) is 18.5. The first-order valence-corrected chi connectivity index (χ1v) is 13.8. The zero-order chi connectivity index (χ0) is 27.2. The lowest BCUT2D eigenvalue weighted by Gasteiger charge is -2.35. The van der Waals surface area contributed by atoms with E-state index in [-0.39, 0.29) is 17.9 Å². The maximum atomic E-state index is 13.1. The van der Waals surface area contributed by atoms with Gasteiger partial charge in [0, 0.05) is 32.7 Å². The Hall–Kier alpha value is -3.22. The molecule has 204 valence electrons. The molecule has 1 aliphatic rings. The van der Waals surface area contributed by atoms with Gasteiger partial charge in [0.2, 0.25) is 0 Å². The molecule has 5 nitrogen and oxygen atoms in total. The molecule has 1 saturated heterocycles. The van der Waals surface area contributed by atoms with Crippen LogP contribution >= 0.6 is 0 Å². The summed E-state index contributed by atoms with van der Waals surface area (Å²) in [6, 6.07) is 26.5. The summed E-state index contributed by atoms with van der Waals surface area (Å²) in [7, 11) is 2.00. The van der Waals surface area contributed by atoms with Crippen molar-refractivity contribution in [3.05, 3.63) is 107 Å². The lowest BCUT2D eigenvalue weighted by atomic mass is 9.99. The van der Waals surface area contributed by atoms with Crippen molar-refractivity contribution in [3.8, 4) is 0 Å². The molecule has 6 heteroatoms.